The van der Waals surface area contributed by atoms with E-state index in [9.17, 15) is 19.1 Å². The van der Waals surface area contributed by atoms with E-state index in [0.29, 0.717) is 6.42 Å². The third-order valence-corrected chi connectivity index (χ3v) is 4.18. The summed E-state index contributed by atoms with van der Waals surface area (Å²) in [5.41, 5.74) is 1.82. The maximum atomic E-state index is 13.4. The highest BCUT2D eigenvalue weighted by Gasteiger charge is 2.33. The molecule has 0 bridgehead atoms. The summed E-state index contributed by atoms with van der Waals surface area (Å²) in [4.78, 5) is 24.0. The number of benzene rings is 2. The van der Waals surface area contributed by atoms with Gasteiger partial charge < -0.3 is 15.7 Å². The quantitative estimate of drug-likeness (QED) is 0.728. The van der Waals surface area contributed by atoms with Gasteiger partial charge in [0.25, 0.3) is 0 Å². The molecule has 0 fully saturated rings. The number of nitrogens with one attached hydrogen (secondary N) is 2. The van der Waals surface area contributed by atoms with Crippen LogP contribution < -0.4 is 10.6 Å². The summed E-state index contributed by atoms with van der Waals surface area (Å²) < 4.78 is 13.4. The van der Waals surface area contributed by atoms with Crippen LogP contribution in [-0.4, -0.2) is 23.0 Å². The molecule has 0 aromatic heterocycles. The molecule has 5 nitrogen and oxygen atoms in total. The van der Waals surface area contributed by atoms with Crippen LogP contribution in [0.15, 0.2) is 42.5 Å². The molecule has 2 unspecified atom stereocenters. The first-order valence-electron chi connectivity index (χ1n) is 7.28. The van der Waals surface area contributed by atoms with Crippen molar-refractivity contribution >= 4 is 29.1 Å². The molecule has 1 aliphatic carbocycles. The number of carbonyl (C=O) groups is 2. The highest BCUT2D eigenvalue weighted by molar-refractivity contribution is 6.39. The molecule has 24 heavy (non-hydrogen) atoms. The van der Waals surface area contributed by atoms with Gasteiger partial charge in [0.15, 0.2) is 0 Å². The largest absolute Gasteiger partial charge is 0.390 e. The van der Waals surface area contributed by atoms with Crippen LogP contribution in [0.3, 0.4) is 0 Å². The number of hydrogen-bond acceptors (Lipinski definition) is 3. The van der Waals surface area contributed by atoms with E-state index in [-0.39, 0.29) is 10.7 Å². The molecular weight excluding hydrogens is 335 g/mol. The second kappa shape index (κ2) is 6.59. The van der Waals surface area contributed by atoms with Crippen LogP contribution >= 0.6 is 11.6 Å². The fourth-order valence-electron chi connectivity index (χ4n) is 2.72. The zero-order valence-electron chi connectivity index (χ0n) is 12.4. The summed E-state index contributed by atoms with van der Waals surface area (Å²) in [5.74, 6) is -2.56. The van der Waals surface area contributed by atoms with Crippen LogP contribution in [0.25, 0.3) is 0 Å². The number of rotatable bonds is 2. The average molecular weight is 349 g/mol. The van der Waals surface area contributed by atoms with Crippen molar-refractivity contribution in [1.82, 2.24) is 5.32 Å². The zero-order valence-corrected chi connectivity index (χ0v) is 13.2. The van der Waals surface area contributed by atoms with Gasteiger partial charge in [0.05, 0.1) is 17.2 Å². The monoisotopic (exact) mass is 348 g/mol. The fourth-order valence-corrected chi connectivity index (χ4v) is 2.83. The molecule has 0 heterocycles. The summed E-state index contributed by atoms with van der Waals surface area (Å²) in [7, 11) is 0. The minimum Gasteiger partial charge on any atom is -0.390 e. The smallest absolute Gasteiger partial charge is 0.313 e. The van der Waals surface area contributed by atoms with Gasteiger partial charge in [0, 0.05) is 12.1 Å². The molecule has 3 N–H and O–H groups in total. The van der Waals surface area contributed by atoms with E-state index in [4.69, 9.17) is 11.6 Å². The molecule has 2 aromatic carbocycles. The molecule has 1 aliphatic rings. The summed E-state index contributed by atoms with van der Waals surface area (Å²) in [6, 6.07) is 10.3. The van der Waals surface area contributed by atoms with E-state index in [0.717, 1.165) is 17.2 Å². The second-order valence-corrected chi connectivity index (χ2v) is 5.91. The first kappa shape index (κ1) is 16.4. The Morgan fingerprint density at radius 1 is 1.17 bits per heavy atom. The maximum Gasteiger partial charge on any atom is 0.313 e. The molecule has 0 spiro atoms. The number of fused-ring (bicyclic) bond motifs is 1. The molecule has 7 heteroatoms. The summed E-state index contributed by atoms with van der Waals surface area (Å²) >= 11 is 5.56. The van der Waals surface area contributed by atoms with E-state index < -0.39 is 29.8 Å². The minimum absolute atomic E-state index is 0.0804. The van der Waals surface area contributed by atoms with Crippen molar-refractivity contribution in [3.05, 3.63) is 64.4 Å². The van der Waals surface area contributed by atoms with Crippen LogP contribution in [0.2, 0.25) is 5.02 Å². The molecule has 0 radical (unpaired) electrons. The second-order valence-electron chi connectivity index (χ2n) is 5.50. The van der Waals surface area contributed by atoms with E-state index >= 15 is 0 Å². The number of anilines is 1. The highest BCUT2D eigenvalue weighted by Crippen LogP contribution is 2.31. The van der Waals surface area contributed by atoms with Crippen molar-refractivity contribution in [3.8, 4) is 0 Å². The first-order chi connectivity index (χ1) is 11.5. The third kappa shape index (κ3) is 3.25. The molecular formula is C17H14ClFN2O3. The van der Waals surface area contributed by atoms with Crippen molar-refractivity contribution in [2.24, 2.45) is 0 Å². The van der Waals surface area contributed by atoms with Gasteiger partial charge in [-0.15, -0.1) is 0 Å². The van der Waals surface area contributed by atoms with Gasteiger partial charge in [-0.05, 0) is 29.3 Å². The molecule has 2 aromatic rings. The topological polar surface area (TPSA) is 78.4 Å². The lowest BCUT2D eigenvalue weighted by Crippen LogP contribution is -2.40. The number of aliphatic hydroxyl groups is 1. The fraction of sp³-hybridized carbons (Fsp3) is 0.176. The zero-order chi connectivity index (χ0) is 17.3. The van der Waals surface area contributed by atoms with Crippen molar-refractivity contribution in [3.63, 3.8) is 0 Å². The molecule has 124 valence electrons. The number of hydrogen-bond donors (Lipinski definition) is 3. The summed E-state index contributed by atoms with van der Waals surface area (Å²) in [6.45, 7) is 0. The first-order valence-corrected chi connectivity index (χ1v) is 7.66. The minimum atomic E-state index is -0.951. The van der Waals surface area contributed by atoms with Crippen LogP contribution in [0.5, 0.6) is 0 Å². The molecule has 0 aliphatic heterocycles. The van der Waals surface area contributed by atoms with Crippen LogP contribution in [0.4, 0.5) is 10.1 Å². The van der Waals surface area contributed by atoms with Crippen molar-refractivity contribution in [2.45, 2.75) is 18.6 Å². The Balaban J connectivity index is 1.68. The number of aliphatic hydroxyl groups excluding tert-OH is 1. The Kier molecular flexibility index (Phi) is 4.51. The van der Waals surface area contributed by atoms with Gasteiger partial charge in [-0.25, -0.2) is 4.39 Å². The van der Waals surface area contributed by atoms with Crippen LogP contribution in [-0.2, 0) is 16.0 Å². The Morgan fingerprint density at radius 2 is 1.92 bits per heavy atom. The SMILES string of the molecule is O=C(Nc1ccc(Cl)c(F)c1)C(=O)NC1c2ccccc2CC1O. The Morgan fingerprint density at radius 3 is 2.67 bits per heavy atom. The van der Waals surface area contributed by atoms with Crippen molar-refractivity contribution in [1.29, 1.82) is 0 Å². The molecule has 0 saturated carbocycles. The Labute approximate surface area is 142 Å². The molecule has 0 saturated heterocycles. The van der Waals surface area contributed by atoms with E-state index in [1.165, 1.54) is 12.1 Å². The van der Waals surface area contributed by atoms with E-state index in [2.05, 4.69) is 10.6 Å². The summed E-state index contributed by atoms with van der Waals surface area (Å²) in [5, 5.41) is 14.8. The van der Waals surface area contributed by atoms with Gasteiger partial charge >= 0.3 is 11.8 Å². The molecule has 2 amide bonds. The normalized spacial score (nSPS) is 18.8. The van der Waals surface area contributed by atoms with Crippen molar-refractivity contribution < 1.29 is 19.1 Å². The number of carbonyl (C=O) groups excluding carboxylic acids is 2. The lowest BCUT2D eigenvalue weighted by atomic mass is 10.1. The van der Waals surface area contributed by atoms with Gasteiger partial charge in [0.1, 0.15) is 5.82 Å². The van der Waals surface area contributed by atoms with E-state index in [1.54, 1.807) is 12.1 Å². The van der Waals surface area contributed by atoms with Crippen LogP contribution in [0, 0.1) is 5.82 Å². The average Bonchev–Trinajstić information content (AvgIpc) is 2.87. The third-order valence-electron chi connectivity index (χ3n) is 3.87. The predicted octanol–water partition coefficient (Wildman–Crippen LogP) is 2.19. The van der Waals surface area contributed by atoms with Gasteiger partial charge in [-0.3, -0.25) is 9.59 Å². The Bertz CT molecular complexity index is 812. The maximum absolute atomic E-state index is 13.4. The lowest BCUT2D eigenvalue weighted by molar-refractivity contribution is -0.137. The number of halogens is 2. The van der Waals surface area contributed by atoms with Gasteiger partial charge in [-0.2, -0.15) is 0 Å². The molecule has 3 rings (SSSR count). The van der Waals surface area contributed by atoms with Crippen molar-refractivity contribution in [2.75, 3.05) is 5.32 Å². The van der Waals surface area contributed by atoms with E-state index in [1.807, 2.05) is 12.1 Å². The standard InChI is InChI=1S/C17H14ClFN2O3/c18-12-6-5-10(8-13(12)19)20-16(23)17(24)21-15-11-4-2-1-3-9(11)7-14(15)22/h1-6,8,14-15,22H,7H2,(H,20,23)(H,21,24). The summed E-state index contributed by atoms with van der Waals surface area (Å²) in [6.07, 6.45) is -0.391. The van der Waals surface area contributed by atoms with Gasteiger partial charge in [-0.1, -0.05) is 35.9 Å². The highest BCUT2D eigenvalue weighted by atomic mass is 35.5. The lowest BCUT2D eigenvalue weighted by Gasteiger charge is -2.17. The van der Waals surface area contributed by atoms with Crippen LogP contribution in [0.1, 0.15) is 17.2 Å². The predicted molar refractivity (Wildman–Crippen MR) is 87.1 cm³/mol. The number of amides is 2. The molecule has 2 atom stereocenters. The Hall–Kier alpha value is -2.44. The van der Waals surface area contributed by atoms with Gasteiger partial charge in [0.2, 0.25) is 0 Å².